The van der Waals surface area contributed by atoms with Crippen molar-refractivity contribution >= 4 is 17.0 Å². The highest BCUT2D eigenvalue weighted by Gasteiger charge is 2.25. The number of hydrogen-bond donors (Lipinski definition) is 3. The van der Waals surface area contributed by atoms with Gasteiger partial charge in [0.1, 0.15) is 5.69 Å². The highest BCUT2D eigenvalue weighted by Crippen LogP contribution is 2.17. The lowest BCUT2D eigenvalue weighted by molar-refractivity contribution is 0.0142. The maximum Gasteiger partial charge on any atom is 0.267 e. The van der Waals surface area contributed by atoms with E-state index in [1.165, 1.54) is 0 Å². The van der Waals surface area contributed by atoms with E-state index in [9.17, 15) is 9.90 Å². The number of H-pyrrole nitrogens is 1. The van der Waals surface area contributed by atoms with Crippen LogP contribution in [0.2, 0.25) is 0 Å². The van der Waals surface area contributed by atoms with Crippen LogP contribution in [0.4, 0.5) is 0 Å². The first-order chi connectivity index (χ1) is 8.40. The van der Waals surface area contributed by atoms with Gasteiger partial charge in [-0.15, -0.1) is 0 Å². The topological polar surface area (TPSA) is 78.3 Å². The smallest absolute Gasteiger partial charge is 0.267 e. The SMILES string of the molecule is CC(C)C(C)(O)CNC(=O)c1cc2occc2[nH]1. The van der Waals surface area contributed by atoms with Crippen LogP contribution in [0.25, 0.3) is 11.1 Å². The first kappa shape index (κ1) is 12.7. The Balaban J connectivity index is 2.02. The second-order valence-corrected chi connectivity index (χ2v) is 5.08. The Morgan fingerprint density at radius 3 is 2.94 bits per heavy atom. The highest BCUT2D eigenvalue weighted by molar-refractivity contribution is 5.96. The monoisotopic (exact) mass is 250 g/mol. The number of hydrogen-bond acceptors (Lipinski definition) is 3. The third-order valence-corrected chi connectivity index (χ3v) is 3.34. The van der Waals surface area contributed by atoms with E-state index in [4.69, 9.17) is 4.42 Å². The number of aromatic amines is 1. The molecule has 1 unspecified atom stereocenters. The third kappa shape index (κ3) is 2.41. The van der Waals surface area contributed by atoms with Gasteiger partial charge in [0.25, 0.3) is 5.91 Å². The van der Waals surface area contributed by atoms with Crippen LogP contribution >= 0.6 is 0 Å². The summed E-state index contributed by atoms with van der Waals surface area (Å²) in [5.41, 5.74) is 0.955. The average molecular weight is 250 g/mol. The molecule has 0 aliphatic heterocycles. The van der Waals surface area contributed by atoms with Crippen LogP contribution in [-0.4, -0.2) is 28.1 Å². The molecule has 0 spiro atoms. The molecule has 2 rings (SSSR count). The predicted octanol–water partition coefficient (Wildman–Crippen LogP) is 1.90. The lowest BCUT2D eigenvalue weighted by Gasteiger charge is -2.27. The van der Waals surface area contributed by atoms with Crippen molar-refractivity contribution < 1.29 is 14.3 Å². The maximum atomic E-state index is 11.9. The van der Waals surface area contributed by atoms with Gasteiger partial charge in [0.2, 0.25) is 0 Å². The van der Waals surface area contributed by atoms with Crippen LogP contribution < -0.4 is 5.32 Å². The van der Waals surface area contributed by atoms with Gasteiger partial charge in [0, 0.05) is 18.7 Å². The van der Waals surface area contributed by atoms with E-state index in [1.54, 1.807) is 25.3 Å². The molecule has 5 nitrogen and oxygen atoms in total. The number of carbonyl (C=O) groups excluding carboxylic acids is 1. The van der Waals surface area contributed by atoms with Gasteiger partial charge >= 0.3 is 0 Å². The summed E-state index contributed by atoms with van der Waals surface area (Å²) in [6, 6.07) is 3.41. The number of furan rings is 1. The number of aliphatic hydroxyl groups is 1. The van der Waals surface area contributed by atoms with Gasteiger partial charge in [-0.2, -0.15) is 0 Å². The largest absolute Gasteiger partial charge is 0.463 e. The number of rotatable bonds is 4. The maximum absolute atomic E-state index is 11.9. The van der Waals surface area contributed by atoms with E-state index >= 15 is 0 Å². The van der Waals surface area contributed by atoms with Gasteiger partial charge in [-0.25, -0.2) is 0 Å². The van der Waals surface area contributed by atoms with Gasteiger partial charge in [0.15, 0.2) is 5.58 Å². The summed E-state index contributed by atoms with van der Waals surface area (Å²) in [5, 5.41) is 12.8. The van der Waals surface area contributed by atoms with Crippen LogP contribution in [-0.2, 0) is 0 Å². The fraction of sp³-hybridized carbons (Fsp3) is 0.462. The normalized spacial score (nSPS) is 14.9. The molecule has 0 aromatic carbocycles. The van der Waals surface area contributed by atoms with E-state index in [2.05, 4.69) is 10.3 Å². The van der Waals surface area contributed by atoms with Crippen molar-refractivity contribution in [1.29, 1.82) is 0 Å². The molecule has 0 aliphatic carbocycles. The minimum atomic E-state index is -0.915. The van der Waals surface area contributed by atoms with Crippen molar-refractivity contribution in [2.45, 2.75) is 26.4 Å². The molecular weight excluding hydrogens is 232 g/mol. The zero-order valence-corrected chi connectivity index (χ0v) is 10.8. The third-order valence-electron chi connectivity index (χ3n) is 3.34. The predicted molar refractivity (Wildman–Crippen MR) is 68.4 cm³/mol. The van der Waals surface area contributed by atoms with Crippen molar-refractivity contribution in [2.75, 3.05) is 6.54 Å². The van der Waals surface area contributed by atoms with Crippen LogP contribution in [0.5, 0.6) is 0 Å². The van der Waals surface area contributed by atoms with Gasteiger partial charge in [-0.05, 0) is 12.8 Å². The molecule has 0 bridgehead atoms. The van der Waals surface area contributed by atoms with Crippen molar-refractivity contribution in [3.8, 4) is 0 Å². The second kappa shape index (κ2) is 4.49. The molecule has 98 valence electrons. The summed E-state index contributed by atoms with van der Waals surface area (Å²) < 4.78 is 5.17. The lowest BCUT2D eigenvalue weighted by Crippen LogP contribution is -2.44. The molecule has 0 saturated heterocycles. The molecule has 2 aromatic rings. The van der Waals surface area contributed by atoms with Crippen LogP contribution in [0.15, 0.2) is 22.8 Å². The van der Waals surface area contributed by atoms with E-state index in [0.717, 1.165) is 5.52 Å². The highest BCUT2D eigenvalue weighted by atomic mass is 16.3. The number of nitrogens with one attached hydrogen (secondary N) is 2. The van der Waals surface area contributed by atoms with Gasteiger partial charge in [0.05, 0.1) is 17.4 Å². The number of carbonyl (C=O) groups is 1. The van der Waals surface area contributed by atoms with Crippen molar-refractivity contribution in [3.63, 3.8) is 0 Å². The van der Waals surface area contributed by atoms with Gasteiger partial charge in [-0.1, -0.05) is 13.8 Å². The summed E-state index contributed by atoms with van der Waals surface area (Å²) >= 11 is 0. The first-order valence-corrected chi connectivity index (χ1v) is 5.97. The van der Waals surface area contributed by atoms with Crippen molar-refractivity contribution in [3.05, 3.63) is 24.1 Å². The Bertz CT molecular complexity index is 523. The molecule has 0 fully saturated rings. The Labute approximate surface area is 105 Å². The Hall–Kier alpha value is -1.75. The van der Waals surface area contributed by atoms with Gasteiger partial charge < -0.3 is 19.8 Å². The number of aromatic nitrogens is 1. The van der Waals surface area contributed by atoms with Gasteiger partial charge in [-0.3, -0.25) is 4.79 Å². The summed E-state index contributed by atoms with van der Waals surface area (Å²) in [6.07, 6.45) is 1.56. The van der Waals surface area contributed by atoms with Crippen LogP contribution in [0.1, 0.15) is 31.3 Å². The summed E-state index contributed by atoms with van der Waals surface area (Å²) in [7, 11) is 0. The fourth-order valence-electron chi connectivity index (χ4n) is 1.53. The zero-order valence-electron chi connectivity index (χ0n) is 10.8. The minimum absolute atomic E-state index is 0.0673. The van der Waals surface area contributed by atoms with E-state index in [1.807, 2.05) is 13.8 Å². The molecular formula is C13H18N2O3. The quantitative estimate of drug-likeness (QED) is 0.775. The summed E-state index contributed by atoms with van der Waals surface area (Å²) in [4.78, 5) is 14.8. The molecule has 1 amide bonds. The minimum Gasteiger partial charge on any atom is -0.463 e. The molecule has 3 N–H and O–H groups in total. The molecule has 0 aliphatic rings. The Kier molecular flexibility index (Phi) is 3.17. The fourth-order valence-corrected chi connectivity index (χ4v) is 1.53. The summed E-state index contributed by atoms with van der Waals surface area (Å²) in [6.45, 7) is 5.74. The van der Waals surface area contributed by atoms with E-state index < -0.39 is 5.60 Å². The molecule has 0 radical (unpaired) electrons. The molecule has 2 aromatic heterocycles. The molecule has 2 heterocycles. The van der Waals surface area contributed by atoms with Crippen molar-refractivity contribution in [2.24, 2.45) is 5.92 Å². The standard InChI is InChI=1S/C13H18N2O3/c1-8(2)13(3,17)7-14-12(16)10-6-11-9(15-10)4-5-18-11/h4-6,8,15,17H,7H2,1-3H3,(H,14,16). The first-order valence-electron chi connectivity index (χ1n) is 5.97. The van der Waals surface area contributed by atoms with Crippen molar-refractivity contribution in [1.82, 2.24) is 10.3 Å². The Morgan fingerprint density at radius 2 is 2.33 bits per heavy atom. The number of amides is 1. The van der Waals surface area contributed by atoms with Crippen LogP contribution in [0, 0.1) is 5.92 Å². The average Bonchev–Trinajstić information content (AvgIpc) is 2.85. The van der Waals surface area contributed by atoms with Crippen LogP contribution in [0.3, 0.4) is 0 Å². The molecule has 18 heavy (non-hydrogen) atoms. The number of fused-ring (bicyclic) bond motifs is 1. The van der Waals surface area contributed by atoms with E-state index in [-0.39, 0.29) is 18.4 Å². The molecule has 5 heteroatoms. The molecule has 1 atom stereocenters. The zero-order chi connectivity index (χ0) is 13.3. The lowest BCUT2D eigenvalue weighted by atomic mass is 9.92. The van der Waals surface area contributed by atoms with E-state index in [0.29, 0.717) is 11.3 Å². The Morgan fingerprint density at radius 1 is 1.61 bits per heavy atom. The molecule has 0 saturated carbocycles. The summed E-state index contributed by atoms with van der Waals surface area (Å²) in [5.74, 6) is -0.181. The second-order valence-electron chi connectivity index (χ2n) is 5.08.